The number of likely N-dealkylation sites (tertiary alicyclic amines) is 1. The number of hydrogen-bond donors (Lipinski definition) is 2. The van der Waals surface area contributed by atoms with Gasteiger partial charge in [-0.25, -0.2) is 9.18 Å². The Bertz CT molecular complexity index is 886. The number of rotatable bonds is 6. The summed E-state index contributed by atoms with van der Waals surface area (Å²) in [7, 11) is 1.36. The molecule has 5 nitrogen and oxygen atoms in total. The van der Waals surface area contributed by atoms with E-state index in [0.29, 0.717) is 12.3 Å². The summed E-state index contributed by atoms with van der Waals surface area (Å²) >= 11 is 0. The molecule has 2 aromatic rings. The molecular weight excluding hydrogens is 383 g/mol. The minimum absolute atomic E-state index is 0.0255. The molecule has 1 saturated heterocycles. The highest BCUT2D eigenvalue weighted by molar-refractivity contribution is 5.67. The van der Waals surface area contributed by atoms with Crippen molar-refractivity contribution in [2.75, 3.05) is 13.7 Å². The zero-order valence-electron chi connectivity index (χ0n) is 17.3. The van der Waals surface area contributed by atoms with Crippen molar-refractivity contribution in [1.29, 1.82) is 0 Å². The molecular formula is C24H29FN2O3. The Labute approximate surface area is 176 Å². The number of carbonyl (C=O) groups excluding carboxylic acids is 1. The van der Waals surface area contributed by atoms with E-state index in [0.717, 1.165) is 42.5 Å². The van der Waals surface area contributed by atoms with Gasteiger partial charge in [-0.05, 0) is 60.4 Å². The van der Waals surface area contributed by atoms with Crippen molar-refractivity contribution in [2.24, 2.45) is 5.92 Å². The fraction of sp³-hybridized carbons (Fsp3) is 0.458. The van der Waals surface area contributed by atoms with Gasteiger partial charge in [-0.1, -0.05) is 42.8 Å². The summed E-state index contributed by atoms with van der Waals surface area (Å²) in [5.74, 6) is 0.0499. The number of nitrogens with one attached hydrogen (secondary N) is 1. The van der Waals surface area contributed by atoms with Gasteiger partial charge in [0.15, 0.2) is 0 Å². The van der Waals surface area contributed by atoms with Gasteiger partial charge in [-0.15, -0.1) is 0 Å². The summed E-state index contributed by atoms with van der Waals surface area (Å²) < 4.78 is 18.5. The summed E-state index contributed by atoms with van der Waals surface area (Å²) in [6.45, 7) is 0.737. The lowest BCUT2D eigenvalue weighted by atomic mass is 9.83. The van der Waals surface area contributed by atoms with E-state index in [1.165, 1.54) is 25.7 Å². The number of carbonyl (C=O) groups is 1. The molecule has 1 saturated carbocycles. The number of nitrogens with zero attached hydrogens (tertiary/aromatic N) is 1. The van der Waals surface area contributed by atoms with Crippen LogP contribution in [0.25, 0.3) is 11.1 Å². The van der Waals surface area contributed by atoms with Gasteiger partial charge in [0.2, 0.25) is 0 Å². The topological polar surface area (TPSA) is 61.8 Å². The number of alkyl carbamates (subject to hydrolysis) is 1. The SMILES string of the molecule is COC(=O)NC1CCN(C(O)C2CCC2)C1Cc1cccc(-c2cccc(F)c2)c1. The lowest BCUT2D eigenvalue weighted by molar-refractivity contribution is -0.0721. The largest absolute Gasteiger partial charge is 0.453 e. The van der Waals surface area contributed by atoms with Crippen LogP contribution in [0.5, 0.6) is 0 Å². The second kappa shape index (κ2) is 9.14. The highest BCUT2D eigenvalue weighted by Crippen LogP contribution is 2.35. The highest BCUT2D eigenvalue weighted by atomic mass is 19.1. The maximum absolute atomic E-state index is 13.7. The molecule has 2 fully saturated rings. The van der Waals surface area contributed by atoms with E-state index in [9.17, 15) is 14.3 Å². The van der Waals surface area contributed by atoms with Crippen LogP contribution in [0.2, 0.25) is 0 Å². The van der Waals surface area contributed by atoms with Gasteiger partial charge in [0, 0.05) is 18.6 Å². The number of aliphatic hydroxyl groups excluding tert-OH is 1. The van der Waals surface area contributed by atoms with Crippen LogP contribution in [-0.4, -0.2) is 48.1 Å². The molecule has 1 aliphatic heterocycles. The zero-order valence-corrected chi connectivity index (χ0v) is 17.3. The van der Waals surface area contributed by atoms with E-state index in [2.05, 4.69) is 16.3 Å². The molecule has 0 bridgehead atoms. The maximum atomic E-state index is 13.7. The number of aliphatic hydroxyl groups is 1. The van der Waals surface area contributed by atoms with Gasteiger partial charge in [-0.2, -0.15) is 0 Å². The quantitative estimate of drug-likeness (QED) is 0.754. The minimum atomic E-state index is -0.486. The Morgan fingerprint density at radius 3 is 2.60 bits per heavy atom. The molecule has 0 radical (unpaired) electrons. The van der Waals surface area contributed by atoms with Crippen LogP contribution >= 0.6 is 0 Å². The molecule has 1 aliphatic carbocycles. The number of ether oxygens (including phenoxy) is 1. The maximum Gasteiger partial charge on any atom is 0.407 e. The molecule has 160 valence electrons. The second-order valence-corrected chi connectivity index (χ2v) is 8.36. The predicted molar refractivity (Wildman–Crippen MR) is 113 cm³/mol. The summed E-state index contributed by atoms with van der Waals surface area (Å²) in [5, 5.41) is 13.9. The first-order valence-corrected chi connectivity index (χ1v) is 10.7. The number of methoxy groups -OCH3 is 1. The summed E-state index contributed by atoms with van der Waals surface area (Å²) in [5.41, 5.74) is 2.87. The number of benzene rings is 2. The van der Waals surface area contributed by atoms with E-state index >= 15 is 0 Å². The molecule has 1 heterocycles. The molecule has 0 spiro atoms. The average Bonchev–Trinajstić information content (AvgIpc) is 3.09. The van der Waals surface area contributed by atoms with E-state index < -0.39 is 12.3 Å². The fourth-order valence-electron chi connectivity index (χ4n) is 4.64. The molecule has 2 aliphatic rings. The monoisotopic (exact) mass is 412 g/mol. The molecule has 0 aromatic heterocycles. The molecule has 3 unspecified atom stereocenters. The molecule has 30 heavy (non-hydrogen) atoms. The van der Waals surface area contributed by atoms with Gasteiger partial charge >= 0.3 is 6.09 Å². The van der Waals surface area contributed by atoms with Crippen molar-refractivity contribution in [2.45, 2.75) is 50.4 Å². The van der Waals surface area contributed by atoms with Gasteiger partial charge in [0.1, 0.15) is 12.0 Å². The fourth-order valence-corrected chi connectivity index (χ4v) is 4.64. The third kappa shape index (κ3) is 4.50. The first kappa shape index (κ1) is 20.8. The first-order chi connectivity index (χ1) is 14.5. The predicted octanol–water partition coefficient (Wildman–Crippen LogP) is 3.95. The molecule has 3 atom stereocenters. The molecule has 6 heteroatoms. The Kier molecular flexibility index (Phi) is 6.35. The lowest BCUT2D eigenvalue weighted by Gasteiger charge is -2.39. The number of halogens is 1. The standard InChI is InChI=1S/C24H29FN2O3/c1-30-24(29)26-21-11-12-27(23(28)17-6-3-7-17)22(21)14-16-5-2-8-18(13-16)19-9-4-10-20(25)15-19/h2,4-5,8-10,13,15,17,21-23,28H,3,6-7,11-12,14H2,1H3,(H,26,29). The van der Waals surface area contributed by atoms with Crippen molar-refractivity contribution in [3.05, 3.63) is 59.9 Å². The van der Waals surface area contributed by atoms with E-state index in [1.54, 1.807) is 6.07 Å². The van der Waals surface area contributed by atoms with Crippen molar-refractivity contribution in [3.8, 4) is 11.1 Å². The van der Waals surface area contributed by atoms with Gasteiger partial charge in [0.25, 0.3) is 0 Å². The number of amides is 1. The minimum Gasteiger partial charge on any atom is -0.453 e. The normalized spacial score (nSPS) is 23.0. The van der Waals surface area contributed by atoms with Crippen molar-refractivity contribution < 1.29 is 19.0 Å². The van der Waals surface area contributed by atoms with Crippen molar-refractivity contribution in [1.82, 2.24) is 10.2 Å². The Morgan fingerprint density at radius 2 is 1.93 bits per heavy atom. The average molecular weight is 413 g/mol. The molecule has 4 rings (SSSR count). The van der Waals surface area contributed by atoms with Crippen molar-refractivity contribution >= 4 is 6.09 Å². The van der Waals surface area contributed by atoms with Crippen molar-refractivity contribution in [3.63, 3.8) is 0 Å². The zero-order chi connectivity index (χ0) is 21.1. The van der Waals surface area contributed by atoms with Gasteiger partial charge in [0.05, 0.1) is 7.11 Å². The van der Waals surface area contributed by atoms with Crippen LogP contribution < -0.4 is 5.32 Å². The van der Waals surface area contributed by atoms with Crippen LogP contribution in [-0.2, 0) is 11.2 Å². The highest BCUT2D eigenvalue weighted by Gasteiger charge is 2.42. The van der Waals surface area contributed by atoms with Crippen LogP contribution in [0.15, 0.2) is 48.5 Å². The lowest BCUT2D eigenvalue weighted by Crippen LogP contribution is -2.52. The Hall–Kier alpha value is -2.44. The summed E-state index contributed by atoms with van der Waals surface area (Å²) in [4.78, 5) is 14.0. The third-order valence-corrected chi connectivity index (χ3v) is 6.52. The summed E-state index contributed by atoms with van der Waals surface area (Å²) in [6, 6.07) is 14.5. The van der Waals surface area contributed by atoms with Crippen LogP contribution in [0.4, 0.5) is 9.18 Å². The van der Waals surface area contributed by atoms with Gasteiger partial charge in [-0.3, -0.25) is 4.90 Å². The van der Waals surface area contributed by atoms with Crippen LogP contribution in [0.3, 0.4) is 0 Å². The summed E-state index contributed by atoms with van der Waals surface area (Å²) in [6.07, 6.45) is 3.79. The van der Waals surface area contributed by atoms with E-state index in [1.807, 2.05) is 24.3 Å². The van der Waals surface area contributed by atoms with E-state index in [-0.39, 0.29) is 17.9 Å². The Morgan fingerprint density at radius 1 is 1.20 bits per heavy atom. The smallest absolute Gasteiger partial charge is 0.407 e. The Balaban J connectivity index is 1.56. The first-order valence-electron chi connectivity index (χ1n) is 10.7. The number of hydrogen-bond acceptors (Lipinski definition) is 4. The molecule has 2 N–H and O–H groups in total. The second-order valence-electron chi connectivity index (χ2n) is 8.36. The van der Waals surface area contributed by atoms with Crippen LogP contribution in [0.1, 0.15) is 31.2 Å². The van der Waals surface area contributed by atoms with E-state index in [4.69, 9.17) is 4.74 Å². The van der Waals surface area contributed by atoms with Crippen LogP contribution in [0, 0.1) is 11.7 Å². The third-order valence-electron chi connectivity index (χ3n) is 6.52. The van der Waals surface area contributed by atoms with Gasteiger partial charge < -0.3 is 15.2 Å². The molecule has 2 aromatic carbocycles. The molecule has 1 amide bonds.